The summed E-state index contributed by atoms with van der Waals surface area (Å²) in [7, 11) is 0. The van der Waals surface area contributed by atoms with E-state index in [9.17, 15) is 9.18 Å². The molecule has 1 amide bonds. The number of rotatable bonds is 5. The molecule has 1 fully saturated rings. The minimum atomic E-state index is -0.603. The first kappa shape index (κ1) is 13.8. The summed E-state index contributed by atoms with van der Waals surface area (Å²) in [4.78, 5) is 11.2. The van der Waals surface area contributed by atoms with Crippen LogP contribution >= 0.6 is 0 Å². The number of amides is 1. The van der Waals surface area contributed by atoms with Gasteiger partial charge in [-0.1, -0.05) is 19.3 Å². The lowest BCUT2D eigenvalue weighted by Crippen LogP contribution is -2.24. The van der Waals surface area contributed by atoms with Crippen molar-refractivity contribution < 1.29 is 9.18 Å². The predicted molar refractivity (Wildman–Crippen MR) is 74.7 cm³/mol. The molecule has 0 saturated heterocycles. The van der Waals surface area contributed by atoms with Crippen molar-refractivity contribution in [1.82, 2.24) is 0 Å². The molecule has 1 aromatic carbocycles. The van der Waals surface area contributed by atoms with Crippen molar-refractivity contribution in [2.75, 3.05) is 5.32 Å². The van der Waals surface area contributed by atoms with E-state index >= 15 is 0 Å². The highest BCUT2D eigenvalue weighted by atomic mass is 19.1. The van der Waals surface area contributed by atoms with Crippen LogP contribution < -0.4 is 11.1 Å². The molecule has 0 aliphatic heterocycles. The van der Waals surface area contributed by atoms with E-state index in [0.29, 0.717) is 11.3 Å². The van der Waals surface area contributed by atoms with Crippen molar-refractivity contribution >= 4 is 11.6 Å². The van der Waals surface area contributed by atoms with E-state index in [2.05, 4.69) is 12.2 Å². The Morgan fingerprint density at radius 3 is 2.74 bits per heavy atom. The van der Waals surface area contributed by atoms with Gasteiger partial charge in [-0.25, -0.2) is 4.39 Å². The predicted octanol–water partition coefficient (Wildman–Crippen LogP) is 3.22. The molecule has 0 spiro atoms. The number of primary amides is 1. The maximum Gasteiger partial charge on any atom is 0.248 e. The summed E-state index contributed by atoms with van der Waals surface area (Å²) in [5.74, 6) is -0.213. The van der Waals surface area contributed by atoms with Crippen molar-refractivity contribution in [2.24, 2.45) is 11.7 Å². The number of nitrogens with one attached hydrogen (secondary N) is 1. The van der Waals surface area contributed by atoms with Crippen LogP contribution in [0, 0.1) is 18.7 Å². The highest BCUT2D eigenvalue weighted by Gasteiger charge is 2.20. The van der Waals surface area contributed by atoms with E-state index in [1.807, 2.05) is 0 Å². The second kappa shape index (κ2) is 5.59. The van der Waals surface area contributed by atoms with Crippen molar-refractivity contribution in [3.63, 3.8) is 0 Å². The zero-order chi connectivity index (χ0) is 14.0. The molecule has 3 N–H and O–H groups in total. The average Bonchev–Trinajstić information content (AvgIpc) is 2.29. The van der Waals surface area contributed by atoms with Gasteiger partial charge in [0.1, 0.15) is 5.82 Å². The summed E-state index contributed by atoms with van der Waals surface area (Å²) < 4.78 is 13.7. The van der Waals surface area contributed by atoms with Gasteiger partial charge in [0.2, 0.25) is 5.91 Å². The smallest absolute Gasteiger partial charge is 0.248 e. The molecule has 1 aliphatic carbocycles. The molecule has 4 heteroatoms. The van der Waals surface area contributed by atoms with Crippen molar-refractivity contribution in [3.8, 4) is 0 Å². The third kappa shape index (κ3) is 3.25. The Hall–Kier alpha value is -1.58. The fourth-order valence-corrected chi connectivity index (χ4v) is 2.52. The summed E-state index contributed by atoms with van der Waals surface area (Å²) in [5, 5.41) is 3.30. The highest BCUT2D eigenvalue weighted by Crippen LogP contribution is 2.31. The van der Waals surface area contributed by atoms with Gasteiger partial charge < -0.3 is 11.1 Å². The van der Waals surface area contributed by atoms with Crippen LogP contribution in [-0.4, -0.2) is 11.9 Å². The minimum Gasteiger partial charge on any atom is -0.382 e. The Kier molecular flexibility index (Phi) is 4.08. The number of carbonyl (C=O) groups excluding carboxylic acids is 1. The summed E-state index contributed by atoms with van der Waals surface area (Å²) in [6.07, 6.45) is 4.99. The number of anilines is 1. The van der Waals surface area contributed by atoms with E-state index in [0.717, 1.165) is 12.3 Å². The van der Waals surface area contributed by atoms with Crippen LogP contribution in [-0.2, 0) is 0 Å². The molecule has 3 nitrogen and oxygen atoms in total. The molecular formula is C15H21FN2O. The van der Waals surface area contributed by atoms with Crippen LogP contribution in [0.4, 0.5) is 10.1 Å². The normalized spacial score (nSPS) is 16.8. The zero-order valence-electron chi connectivity index (χ0n) is 11.5. The van der Waals surface area contributed by atoms with Crippen molar-refractivity contribution in [2.45, 2.75) is 45.6 Å². The molecule has 1 atom stereocenters. The van der Waals surface area contributed by atoms with Gasteiger partial charge in [0.25, 0.3) is 0 Å². The average molecular weight is 264 g/mol. The second-order valence-electron chi connectivity index (χ2n) is 5.57. The molecular weight excluding hydrogens is 243 g/mol. The zero-order valence-corrected chi connectivity index (χ0v) is 11.5. The summed E-state index contributed by atoms with van der Waals surface area (Å²) >= 11 is 0. The summed E-state index contributed by atoms with van der Waals surface area (Å²) in [6.45, 7) is 3.80. The standard InChI is InChI=1S/C15H21FN2O/c1-9(6-11-4-3-5-11)18-14-8-12(15(17)19)7-13(16)10(14)2/h7-9,11,18H,3-6H2,1-2H3,(H2,17,19). The van der Waals surface area contributed by atoms with Crippen molar-refractivity contribution in [3.05, 3.63) is 29.1 Å². The third-order valence-corrected chi connectivity index (χ3v) is 3.94. The van der Waals surface area contributed by atoms with Gasteiger partial charge in [-0.2, -0.15) is 0 Å². The Bertz CT molecular complexity index is 483. The highest BCUT2D eigenvalue weighted by molar-refractivity contribution is 5.94. The number of benzene rings is 1. The molecule has 104 valence electrons. The topological polar surface area (TPSA) is 55.1 Å². The number of carbonyl (C=O) groups is 1. The first-order valence-electron chi connectivity index (χ1n) is 6.84. The molecule has 0 radical (unpaired) electrons. The van der Waals surface area contributed by atoms with Crippen molar-refractivity contribution in [1.29, 1.82) is 0 Å². The molecule has 0 heterocycles. The first-order chi connectivity index (χ1) is 8.97. The van der Waals surface area contributed by atoms with E-state index < -0.39 is 11.7 Å². The Balaban J connectivity index is 2.11. The van der Waals surface area contributed by atoms with E-state index in [-0.39, 0.29) is 11.6 Å². The van der Waals surface area contributed by atoms with Gasteiger partial charge in [0, 0.05) is 22.9 Å². The maximum absolute atomic E-state index is 13.7. The fraction of sp³-hybridized carbons (Fsp3) is 0.533. The molecule has 1 aliphatic rings. The van der Waals surface area contributed by atoms with Crippen LogP contribution in [0.15, 0.2) is 12.1 Å². The van der Waals surface area contributed by atoms with E-state index in [4.69, 9.17) is 5.73 Å². The molecule has 2 rings (SSSR count). The maximum atomic E-state index is 13.7. The van der Waals surface area contributed by atoms with Crippen LogP contribution in [0.1, 0.15) is 48.5 Å². The number of hydrogen-bond donors (Lipinski definition) is 2. The number of halogens is 1. The molecule has 1 unspecified atom stereocenters. The Morgan fingerprint density at radius 2 is 2.21 bits per heavy atom. The third-order valence-electron chi connectivity index (χ3n) is 3.94. The first-order valence-corrected chi connectivity index (χ1v) is 6.84. The van der Waals surface area contributed by atoms with Gasteiger partial charge in [-0.3, -0.25) is 4.79 Å². The number of hydrogen-bond acceptors (Lipinski definition) is 2. The van der Waals surface area contributed by atoms with Crippen LogP contribution in [0.25, 0.3) is 0 Å². The molecule has 0 aromatic heterocycles. The van der Waals surface area contributed by atoms with Gasteiger partial charge in [0.15, 0.2) is 0 Å². The van der Waals surface area contributed by atoms with Gasteiger partial charge in [0.05, 0.1) is 0 Å². The van der Waals surface area contributed by atoms with Crippen LogP contribution in [0.2, 0.25) is 0 Å². The minimum absolute atomic E-state index is 0.210. The van der Waals surface area contributed by atoms with E-state index in [1.54, 1.807) is 13.0 Å². The molecule has 0 bridgehead atoms. The van der Waals surface area contributed by atoms with Gasteiger partial charge >= 0.3 is 0 Å². The fourth-order valence-electron chi connectivity index (χ4n) is 2.52. The van der Waals surface area contributed by atoms with Gasteiger partial charge in [-0.05, 0) is 38.3 Å². The monoisotopic (exact) mass is 264 g/mol. The molecule has 19 heavy (non-hydrogen) atoms. The van der Waals surface area contributed by atoms with Gasteiger partial charge in [-0.15, -0.1) is 0 Å². The largest absolute Gasteiger partial charge is 0.382 e. The SMILES string of the molecule is Cc1c(F)cc(C(N)=O)cc1NC(C)CC1CCC1. The summed E-state index contributed by atoms with van der Waals surface area (Å²) in [5.41, 5.74) is 6.62. The van der Waals surface area contributed by atoms with Crippen LogP contribution in [0.3, 0.4) is 0 Å². The quantitative estimate of drug-likeness (QED) is 0.858. The lowest BCUT2D eigenvalue weighted by Gasteiger charge is -2.29. The Morgan fingerprint density at radius 1 is 1.53 bits per heavy atom. The number of nitrogens with two attached hydrogens (primary N) is 1. The van der Waals surface area contributed by atoms with Crippen LogP contribution in [0.5, 0.6) is 0 Å². The molecule has 1 aromatic rings. The second-order valence-corrected chi connectivity index (χ2v) is 5.57. The molecule has 1 saturated carbocycles. The Labute approximate surface area is 113 Å². The lowest BCUT2D eigenvalue weighted by atomic mass is 9.81. The lowest BCUT2D eigenvalue weighted by molar-refractivity contribution is 0.1000. The van der Waals surface area contributed by atoms with E-state index in [1.165, 1.54) is 25.3 Å². The summed E-state index contributed by atoms with van der Waals surface area (Å²) in [6, 6.07) is 3.10.